The molecule has 2 amide bonds. The van der Waals surface area contributed by atoms with Crippen molar-refractivity contribution in [2.24, 2.45) is 0 Å². The molecule has 2 aliphatic rings. The number of nitrogens with one attached hydrogen (secondary N) is 1. The van der Waals surface area contributed by atoms with Crippen molar-refractivity contribution in [1.29, 1.82) is 0 Å². The number of benzene rings is 2. The van der Waals surface area contributed by atoms with E-state index in [0.29, 0.717) is 42.2 Å². The van der Waals surface area contributed by atoms with Gasteiger partial charge in [-0.15, -0.1) is 0 Å². The smallest absolute Gasteiger partial charge is 0.246 e. The predicted octanol–water partition coefficient (Wildman–Crippen LogP) is 4.19. The van der Waals surface area contributed by atoms with Crippen LogP contribution in [0.15, 0.2) is 53.4 Å². The molecule has 0 radical (unpaired) electrons. The van der Waals surface area contributed by atoms with Gasteiger partial charge in [0.15, 0.2) is 14.6 Å². The van der Waals surface area contributed by atoms with Gasteiger partial charge in [-0.1, -0.05) is 30.5 Å². The molecule has 8 heteroatoms. The van der Waals surface area contributed by atoms with Crippen molar-refractivity contribution >= 4 is 44.6 Å². The quantitative estimate of drug-likeness (QED) is 0.746. The molecule has 0 bridgehead atoms. The van der Waals surface area contributed by atoms with E-state index in [4.69, 9.17) is 11.6 Å². The second kappa shape index (κ2) is 8.04. The molecular formula is C22H23ClN2O4S. The summed E-state index contributed by atoms with van der Waals surface area (Å²) in [7, 11) is -3.91. The molecule has 158 valence electrons. The van der Waals surface area contributed by atoms with E-state index >= 15 is 0 Å². The third-order valence-corrected chi connectivity index (χ3v) is 8.72. The van der Waals surface area contributed by atoms with Crippen molar-refractivity contribution < 1.29 is 18.0 Å². The largest absolute Gasteiger partial charge is 0.325 e. The molecule has 1 N–H and O–H groups in total. The van der Waals surface area contributed by atoms with E-state index in [2.05, 4.69) is 5.32 Å². The summed E-state index contributed by atoms with van der Waals surface area (Å²) in [6.07, 6.45) is 3.20. The Kier molecular flexibility index (Phi) is 5.59. The van der Waals surface area contributed by atoms with Crippen molar-refractivity contribution in [1.82, 2.24) is 0 Å². The Morgan fingerprint density at radius 3 is 2.37 bits per heavy atom. The molecule has 6 nitrogen and oxygen atoms in total. The lowest BCUT2D eigenvalue weighted by molar-refractivity contribution is -0.118. The first-order valence-corrected chi connectivity index (χ1v) is 11.9. The SMILES string of the molecule is O=C1CCCN1c1cccc(NC(=O)C2(S(=O)(=O)c3ccc(Cl)cc3)CCCC2)c1. The lowest BCUT2D eigenvalue weighted by Gasteiger charge is -2.28. The molecule has 4 rings (SSSR count). The molecule has 1 heterocycles. The zero-order chi connectivity index (χ0) is 21.4. The highest BCUT2D eigenvalue weighted by Gasteiger charge is 2.53. The van der Waals surface area contributed by atoms with Gasteiger partial charge in [0.25, 0.3) is 0 Å². The third kappa shape index (κ3) is 3.61. The van der Waals surface area contributed by atoms with E-state index in [1.165, 1.54) is 24.3 Å². The maximum Gasteiger partial charge on any atom is 0.246 e. The number of halogens is 1. The minimum absolute atomic E-state index is 0.0519. The van der Waals surface area contributed by atoms with Crippen LogP contribution in [0.25, 0.3) is 0 Å². The van der Waals surface area contributed by atoms with Crippen molar-refractivity contribution in [3.63, 3.8) is 0 Å². The monoisotopic (exact) mass is 446 g/mol. The standard InChI is InChI=1S/C22H23ClN2O4S/c23-16-8-10-19(11-9-16)30(28,29)22(12-1-2-13-22)21(27)24-17-5-3-6-18(15-17)25-14-4-7-20(25)26/h3,5-6,8-11,15H,1-2,4,7,12-14H2,(H,24,27). The minimum Gasteiger partial charge on any atom is -0.325 e. The van der Waals surface area contributed by atoms with Gasteiger partial charge in [0, 0.05) is 29.4 Å². The average Bonchev–Trinajstić information content (AvgIpc) is 3.39. The van der Waals surface area contributed by atoms with Gasteiger partial charge in [0.2, 0.25) is 11.8 Å². The summed E-state index contributed by atoms with van der Waals surface area (Å²) in [5, 5.41) is 3.25. The summed E-state index contributed by atoms with van der Waals surface area (Å²) >= 11 is 5.90. The van der Waals surface area contributed by atoms with Gasteiger partial charge in [0.1, 0.15) is 0 Å². The van der Waals surface area contributed by atoms with E-state index in [1.807, 2.05) is 6.07 Å². The van der Waals surface area contributed by atoms with E-state index in [9.17, 15) is 18.0 Å². The van der Waals surface area contributed by atoms with Gasteiger partial charge >= 0.3 is 0 Å². The van der Waals surface area contributed by atoms with E-state index in [1.54, 1.807) is 23.1 Å². The highest BCUT2D eigenvalue weighted by Crippen LogP contribution is 2.41. The molecule has 1 saturated heterocycles. The highest BCUT2D eigenvalue weighted by molar-refractivity contribution is 7.93. The van der Waals surface area contributed by atoms with E-state index in [-0.39, 0.29) is 23.6 Å². The second-order valence-corrected chi connectivity index (χ2v) is 10.5. The number of sulfone groups is 1. The third-order valence-electron chi connectivity index (χ3n) is 5.95. The average molecular weight is 447 g/mol. The number of hydrogen-bond donors (Lipinski definition) is 1. The molecule has 2 aromatic rings. The lowest BCUT2D eigenvalue weighted by atomic mass is 10.1. The first-order valence-electron chi connectivity index (χ1n) is 10.1. The molecule has 30 heavy (non-hydrogen) atoms. The fourth-order valence-electron chi connectivity index (χ4n) is 4.32. The normalized spacial score (nSPS) is 18.6. The summed E-state index contributed by atoms with van der Waals surface area (Å²) in [6.45, 7) is 0.644. The minimum atomic E-state index is -3.91. The fraction of sp³-hybridized carbons (Fsp3) is 0.364. The lowest BCUT2D eigenvalue weighted by Crippen LogP contribution is -2.47. The fourth-order valence-corrected chi connectivity index (χ4v) is 6.51. The predicted molar refractivity (Wildman–Crippen MR) is 116 cm³/mol. The zero-order valence-electron chi connectivity index (χ0n) is 16.4. The number of nitrogens with zero attached hydrogens (tertiary/aromatic N) is 1. The maximum atomic E-state index is 13.5. The van der Waals surface area contributed by atoms with Crippen molar-refractivity contribution in [2.75, 3.05) is 16.8 Å². The van der Waals surface area contributed by atoms with Crippen LogP contribution in [0.2, 0.25) is 5.02 Å². The summed E-state index contributed by atoms with van der Waals surface area (Å²) in [6, 6.07) is 12.9. The molecule has 1 aliphatic heterocycles. The Labute approximate surface area is 181 Å². The molecule has 1 aliphatic carbocycles. The van der Waals surface area contributed by atoms with Crippen LogP contribution in [-0.4, -0.2) is 31.5 Å². The molecule has 2 fully saturated rings. The summed E-state index contributed by atoms with van der Waals surface area (Å²) < 4.78 is 25.4. The molecule has 0 unspecified atom stereocenters. The number of carbonyl (C=O) groups excluding carboxylic acids is 2. The Morgan fingerprint density at radius 2 is 1.73 bits per heavy atom. The number of rotatable bonds is 5. The molecule has 2 aromatic carbocycles. The van der Waals surface area contributed by atoms with Crippen LogP contribution in [0.1, 0.15) is 38.5 Å². The van der Waals surface area contributed by atoms with Crippen molar-refractivity contribution in [3.8, 4) is 0 Å². The van der Waals surface area contributed by atoms with Gasteiger partial charge in [-0.2, -0.15) is 0 Å². The first kappa shape index (κ1) is 20.9. The molecular weight excluding hydrogens is 424 g/mol. The van der Waals surface area contributed by atoms with Crippen LogP contribution < -0.4 is 10.2 Å². The Morgan fingerprint density at radius 1 is 1.03 bits per heavy atom. The molecule has 1 saturated carbocycles. The Hall–Kier alpha value is -2.38. The maximum absolute atomic E-state index is 13.5. The molecule has 0 spiro atoms. The Balaban J connectivity index is 1.63. The van der Waals surface area contributed by atoms with Crippen molar-refractivity contribution in [3.05, 3.63) is 53.6 Å². The van der Waals surface area contributed by atoms with E-state index < -0.39 is 20.5 Å². The number of hydrogen-bond acceptors (Lipinski definition) is 4. The molecule has 0 atom stereocenters. The number of carbonyl (C=O) groups is 2. The van der Waals surface area contributed by atoms with Gasteiger partial charge in [-0.05, 0) is 61.7 Å². The van der Waals surface area contributed by atoms with Crippen molar-refractivity contribution in [2.45, 2.75) is 48.2 Å². The first-order chi connectivity index (χ1) is 14.3. The summed E-state index contributed by atoms with van der Waals surface area (Å²) in [5.74, 6) is -0.476. The van der Waals surface area contributed by atoms with Crippen LogP contribution in [0.5, 0.6) is 0 Å². The van der Waals surface area contributed by atoms with Crippen LogP contribution in [-0.2, 0) is 19.4 Å². The number of amides is 2. The van der Waals surface area contributed by atoms with Gasteiger partial charge < -0.3 is 10.2 Å². The Bertz CT molecular complexity index is 1080. The van der Waals surface area contributed by atoms with Gasteiger partial charge in [-0.3, -0.25) is 9.59 Å². The van der Waals surface area contributed by atoms with E-state index in [0.717, 1.165) is 6.42 Å². The zero-order valence-corrected chi connectivity index (χ0v) is 18.0. The second-order valence-electron chi connectivity index (χ2n) is 7.81. The molecule has 0 aromatic heterocycles. The number of anilines is 2. The highest BCUT2D eigenvalue weighted by atomic mass is 35.5. The van der Waals surface area contributed by atoms with Gasteiger partial charge in [-0.25, -0.2) is 8.42 Å². The topological polar surface area (TPSA) is 83.6 Å². The van der Waals surface area contributed by atoms with Crippen LogP contribution in [0.3, 0.4) is 0 Å². The van der Waals surface area contributed by atoms with Crippen LogP contribution in [0, 0.1) is 0 Å². The van der Waals surface area contributed by atoms with Gasteiger partial charge in [0.05, 0.1) is 4.90 Å². The summed E-state index contributed by atoms with van der Waals surface area (Å²) in [5.41, 5.74) is 1.19. The summed E-state index contributed by atoms with van der Waals surface area (Å²) in [4.78, 5) is 27.1. The van der Waals surface area contributed by atoms with Crippen LogP contribution >= 0.6 is 11.6 Å². The van der Waals surface area contributed by atoms with Crippen LogP contribution in [0.4, 0.5) is 11.4 Å².